The van der Waals surface area contributed by atoms with Crippen LogP contribution < -0.4 is 10.2 Å². The van der Waals surface area contributed by atoms with Gasteiger partial charge in [0.2, 0.25) is 5.95 Å². The van der Waals surface area contributed by atoms with Crippen LogP contribution in [0.2, 0.25) is 5.02 Å². The molecule has 2 aromatic carbocycles. The van der Waals surface area contributed by atoms with E-state index in [0.717, 1.165) is 22.8 Å². The lowest BCUT2D eigenvalue weighted by molar-refractivity contribution is 1.08. The Morgan fingerprint density at radius 3 is 2.57 bits per heavy atom. The topological polar surface area (TPSA) is 41.1 Å². The number of hydrogen-bond donors (Lipinski definition) is 1. The molecule has 0 saturated carbocycles. The number of para-hydroxylation sites is 1. The van der Waals surface area contributed by atoms with E-state index in [4.69, 9.17) is 11.6 Å². The maximum Gasteiger partial charge on any atom is 0.229 e. The number of nitrogens with one attached hydrogen (secondary N) is 1. The van der Waals surface area contributed by atoms with Crippen LogP contribution in [0.25, 0.3) is 0 Å². The van der Waals surface area contributed by atoms with E-state index in [1.54, 1.807) is 6.20 Å². The Labute approximate surface area is 140 Å². The Balaban J connectivity index is 1.85. The maximum atomic E-state index is 5.99. The molecule has 0 radical (unpaired) electrons. The largest absolute Gasteiger partial charge is 0.329 e. The van der Waals surface area contributed by atoms with Crippen LogP contribution in [0.15, 0.2) is 60.8 Å². The summed E-state index contributed by atoms with van der Waals surface area (Å²) in [6.45, 7) is 1.99. The maximum absolute atomic E-state index is 5.99. The van der Waals surface area contributed by atoms with Crippen LogP contribution in [0, 0.1) is 6.92 Å². The van der Waals surface area contributed by atoms with Crippen molar-refractivity contribution in [3.8, 4) is 0 Å². The van der Waals surface area contributed by atoms with Gasteiger partial charge in [0.1, 0.15) is 5.82 Å². The van der Waals surface area contributed by atoms with Gasteiger partial charge in [-0.15, -0.1) is 0 Å². The summed E-state index contributed by atoms with van der Waals surface area (Å²) in [5.41, 5.74) is 3.05. The summed E-state index contributed by atoms with van der Waals surface area (Å²) in [5.74, 6) is 1.37. The van der Waals surface area contributed by atoms with Crippen molar-refractivity contribution in [1.29, 1.82) is 0 Å². The van der Waals surface area contributed by atoms with Crippen LogP contribution >= 0.6 is 11.6 Å². The van der Waals surface area contributed by atoms with Gasteiger partial charge in [-0.05, 0) is 48.9 Å². The summed E-state index contributed by atoms with van der Waals surface area (Å²) < 4.78 is 0. The highest BCUT2D eigenvalue weighted by atomic mass is 35.5. The Kier molecular flexibility index (Phi) is 4.44. The van der Waals surface area contributed by atoms with Gasteiger partial charge in [-0.25, -0.2) is 4.98 Å². The summed E-state index contributed by atoms with van der Waals surface area (Å²) in [4.78, 5) is 10.9. The zero-order valence-corrected chi connectivity index (χ0v) is 13.7. The first kappa shape index (κ1) is 15.3. The molecule has 1 heterocycles. The number of benzene rings is 2. The van der Waals surface area contributed by atoms with E-state index < -0.39 is 0 Å². The zero-order valence-electron chi connectivity index (χ0n) is 13.0. The van der Waals surface area contributed by atoms with Crippen LogP contribution in [-0.2, 0) is 0 Å². The molecule has 0 amide bonds. The standard InChI is InChI=1S/C18H17ClN4/c1-13-12-14(19)8-9-16(13)21-18-20-11-10-17(22-18)23(2)15-6-4-3-5-7-15/h3-12H,1-2H3,(H,20,21,22). The summed E-state index contributed by atoms with van der Waals surface area (Å²) in [7, 11) is 1.98. The van der Waals surface area contributed by atoms with Gasteiger partial charge in [-0.3, -0.25) is 0 Å². The Morgan fingerprint density at radius 1 is 1.04 bits per heavy atom. The molecule has 23 heavy (non-hydrogen) atoms. The molecule has 0 fully saturated rings. The molecule has 0 atom stereocenters. The SMILES string of the molecule is Cc1cc(Cl)ccc1Nc1nccc(N(C)c2ccccc2)n1. The zero-order chi connectivity index (χ0) is 16.2. The summed E-state index contributed by atoms with van der Waals surface area (Å²) >= 11 is 5.99. The van der Waals surface area contributed by atoms with Gasteiger partial charge in [0, 0.05) is 29.6 Å². The van der Waals surface area contributed by atoms with E-state index in [9.17, 15) is 0 Å². The fourth-order valence-electron chi connectivity index (χ4n) is 2.27. The molecule has 3 rings (SSSR count). The van der Waals surface area contributed by atoms with Crippen molar-refractivity contribution in [2.45, 2.75) is 6.92 Å². The molecule has 0 bridgehead atoms. The molecule has 0 aliphatic heterocycles. The average Bonchev–Trinajstić information content (AvgIpc) is 2.58. The molecule has 0 aliphatic carbocycles. The van der Waals surface area contributed by atoms with Crippen LogP contribution in [-0.4, -0.2) is 17.0 Å². The lowest BCUT2D eigenvalue weighted by Gasteiger charge is -2.18. The number of aromatic nitrogens is 2. The van der Waals surface area contributed by atoms with Gasteiger partial charge in [-0.2, -0.15) is 4.98 Å². The molecular formula is C18H17ClN4. The number of rotatable bonds is 4. The Bertz CT molecular complexity index is 805. The first-order chi connectivity index (χ1) is 11.1. The quantitative estimate of drug-likeness (QED) is 0.737. The smallest absolute Gasteiger partial charge is 0.229 e. The van der Waals surface area contributed by atoms with E-state index in [-0.39, 0.29) is 0 Å². The predicted molar refractivity (Wildman–Crippen MR) is 96.0 cm³/mol. The molecular weight excluding hydrogens is 308 g/mol. The first-order valence-corrected chi connectivity index (χ1v) is 7.66. The molecule has 5 heteroatoms. The minimum atomic E-state index is 0.552. The minimum Gasteiger partial charge on any atom is -0.329 e. The highest BCUT2D eigenvalue weighted by Crippen LogP contribution is 2.24. The number of anilines is 4. The summed E-state index contributed by atoms with van der Waals surface area (Å²) in [6, 6.07) is 17.6. The highest BCUT2D eigenvalue weighted by Gasteiger charge is 2.07. The van der Waals surface area contributed by atoms with Crippen LogP contribution in [0.5, 0.6) is 0 Å². The first-order valence-electron chi connectivity index (χ1n) is 7.28. The average molecular weight is 325 g/mol. The van der Waals surface area contributed by atoms with Crippen molar-refractivity contribution in [2.24, 2.45) is 0 Å². The second-order valence-corrected chi connectivity index (χ2v) is 5.65. The van der Waals surface area contributed by atoms with Gasteiger partial charge in [0.25, 0.3) is 0 Å². The van der Waals surface area contributed by atoms with Gasteiger partial charge >= 0.3 is 0 Å². The highest BCUT2D eigenvalue weighted by molar-refractivity contribution is 6.30. The van der Waals surface area contributed by atoms with Crippen LogP contribution in [0.4, 0.5) is 23.1 Å². The van der Waals surface area contributed by atoms with E-state index in [1.807, 2.05) is 73.5 Å². The predicted octanol–water partition coefficient (Wildman–Crippen LogP) is 4.95. The second-order valence-electron chi connectivity index (χ2n) is 5.22. The van der Waals surface area contributed by atoms with E-state index in [2.05, 4.69) is 15.3 Å². The summed E-state index contributed by atoms with van der Waals surface area (Å²) in [6.07, 6.45) is 1.75. The fraction of sp³-hybridized carbons (Fsp3) is 0.111. The third kappa shape index (κ3) is 3.60. The molecule has 1 N–H and O–H groups in total. The van der Waals surface area contributed by atoms with Crippen molar-refractivity contribution in [1.82, 2.24) is 9.97 Å². The van der Waals surface area contributed by atoms with Crippen molar-refractivity contribution >= 4 is 34.7 Å². The number of aryl methyl sites for hydroxylation is 1. The summed E-state index contributed by atoms with van der Waals surface area (Å²) in [5, 5.41) is 3.95. The van der Waals surface area contributed by atoms with Gasteiger partial charge < -0.3 is 10.2 Å². The van der Waals surface area contributed by atoms with E-state index >= 15 is 0 Å². The van der Waals surface area contributed by atoms with Gasteiger partial charge in [-0.1, -0.05) is 29.8 Å². The van der Waals surface area contributed by atoms with E-state index in [0.29, 0.717) is 11.0 Å². The Hall–Kier alpha value is -2.59. The van der Waals surface area contributed by atoms with Gasteiger partial charge in [0.15, 0.2) is 0 Å². The van der Waals surface area contributed by atoms with Crippen molar-refractivity contribution in [3.05, 3.63) is 71.4 Å². The molecule has 116 valence electrons. The fourth-order valence-corrected chi connectivity index (χ4v) is 2.49. The van der Waals surface area contributed by atoms with Crippen LogP contribution in [0.3, 0.4) is 0 Å². The van der Waals surface area contributed by atoms with Crippen molar-refractivity contribution in [2.75, 3.05) is 17.3 Å². The molecule has 0 unspecified atom stereocenters. The number of halogens is 1. The minimum absolute atomic E-state index is 0.552. The third-order valence-electron chi connectivity index (χ3n) is 3.56. The molecule has 3 aromatic rings. The lowest BCUT2D eigenvalue weighted by Crippen LogP contribution is -2.12. The second kappa shape index (κ2) is 6.67. The van der Waals surface area contributed by atoms with Gasteiger partial charge in [0.05, 0.1) is 0 Å². The molecule has 4 nitrogen and oxygen atoms in total. The van der Waals surface area contributed by atoms with Crippen molar-refractivity contribution < 1.29 is 0 Å². The number of nitrogens with zero attached hydrogens (tertiary/aromatic N) is 3. The lowest BCUT2D eigenvalue weighted by atomic mass is 10.2. The molecule has 1 aromatic heterocycles. The van der Waals surface area contributed by atoms with E-state index in [1.165, 1.54) is 0 Å². The van der Waals surface area contributed by atoms with Crippen LogP contribution in [0.1, 0.15) is 5.56 Å². The molecule has 0 saturated heterocycles. The molecule has 0 aliphatic rings. The normalized spacial score (nSPS) is 10.4. The Morgan fingerprint density at radius 2 is 1.83 bits per heavy atom. The van der Waals surface area contributed by atoms with Crippen molar-refractivity contribution in [3.63, 3.8) is 0 Å². The number of hydrogen-bond acceptors (Lipinski definition) is 4. The third-order valence-corrected chi connectivity index (χ3v) is 3.80. The monoisotopic (exact) mass is 324 g/mol. The molecule has 0 spiro atoms.